The summed E-state index contributed by atoms with van der Waals surface area (Å²) in [5, 5.41) is 16.4. The number of aliphatic hydroxyl groups excluding tert-OH is 1. The van der Waals surface area contributed by atoms with Crippen LogP contribution in [0.15, 0.2) is 24.3 Å². The predicted molar refractivity (Wildman–Crippen MR) is 151 cm³/mol. The van der Waals surface area contributed by atoms with Crippen LogP contribution in [-0.4, -0.2) is 109 Å². The molecule has 5 rings (SSSR count). The highest BCUT2D eigenvalue weighted by molar-refractivity contribution is 6.02. The largest absolute Gasteiger partial charge is 0.494 e. The number of anilines is 1. The van der Waals surface area contributed by atoms with Crippen molar-refractivity contribution in [1.29, 1.82) is 0 Å². The Morgan fingerprint density at radius 1 is 1.15 bits per heavy atom. The van der Waals surface area contributed by atoms with Crippen molar-refractivity contribution < 1.29 is 33.7 Å². The first-order valence-electron chi connectivity index (χ1n) is 14.9. The molecule has 3 N–H and O–H groups in total. The number of fused-ring (bicyclic) bond motifs is 1. The molecule has 11 nitrogen and oxygen atoms in total. The highest BCUT2D eigenvalue weighted by atomic mass is 16.5. The van der Waals surface area contributed by atoms with Gasteiger partial charge in [-0.25, -0.2) is 0 Å². The molecule has 0 aliphatic carbocycles. The van der Waals surface area contributed by atoms with Crippen molar-refractivity contribution in [3.63, 3.8) is 0 Å². The number of aliphatic hydroxyl groups is 1. The van der Waals surface area contributed by atoms with Gasteiger partial charge in [-0.05, 0) is 56.9 Å². The van der Waals surface area contributed by atoms with Crippen LogP contribution in [0.25, 0.3) is 0 Å². The monoisotopic (exact) mass is 572 g/mol. The second-order valence-corrected chi connectivity index (χ2v) is 12.2. The molecule has 6 atom stereocenters. The maximum Gasteiger partial charge on any atom is 0.245 e. The minimum atomic E-state index is -1.14. The van der Waals surface area contributed by atoms with Crippen molar-refractivity contribution >= 4 is 23.4 Å². The molecule has 0 radical (unpaired) electrons. The van der Waals surface area contributed by atoms with E-state index in [9.17, 15) is 19.5 Å². The molecular formula is C30H44N4O7. The van der Waals surface area contributed by atoms with E-state index >= 15 is 0 Å². The van der Waals surface area contributed by atoms with E-state index in [-0.39, 0.29) is 30.2 Å². The summed E-state index contributed by atoms with van der Waals surface area (Å²) in [6.07, 6.45) is 1.04. The van der Waals surface area contributed by atoms with Crippen LogP contribution < -0.4 is 15.4 Å². The van der Waals surface area contributed by atoms with Crippen molar-refractivity contribution in [1.82, 2.24) is 15.1 Å². The van der Waals surface area contributed by atoms with Crippen molar-refractivity contribution in [3.05, 3.63) is 24.3 Å². The zero-order valence-corrected chi connectivity index (χ0v) is 24.6. The molecule has 4 heterocycles. The van der Waals surface area contributed by atoms with E-state index < -0.39 is 35.1 Å². The summed E-state index contributed by atoms with van der Waals surface area (Å²) < 4.78 is 17.6. The summed E-state index contributed by atoms with van der Waals surface area (Å²) in [6, 6.07) is 5.59. The van der Waals surface area contributed by atoms with E-state index in [1.807, 2.05) is 27.7 Å². The zero-order valence-electron chi connectivity index (χ0n) is 24.6. The molecule has 1 aromatic carbocycles. The summed E-state index contributed by atoms with van der Waals surface area (Å²) in [5.74, 6) is -1.93. The molecule has 4 aliphatic rings. The van der Waals surface area contributed by atoms with Crippen LogP contribution in [0.2, 0.25) is 0 Å². The molecule has 4 fully saturated rings. The van der Waals surface area contributed by atoms with Crippen molar-refractivity contribution in [2.24, 2.45) is 17.8 Å². The highest BCUT2D eigenvalue weighted by Crippen LogP contribution is 2.63. The lowest BCUT2D eigenvalue weighted by molar-refractivity contribution is -0.150. The lowest BCUT2D eigenvalue weighted by Crippen LogP contribution is -2.59. The molecule has 4 saturated heterocycles. The Labute approximate surface area is 241 Å². The van der Waals surface area contributed by atoms with Crippen molar-refractivity contribution in [2.75, 3.05) is 57.9 Å². The van der Waals surface area contributed by atoms with Crippen molar-refractivity contribution in [2.45, 2.75) is 63.8 Å². The van der Waals surface area contributed by atoms with Crippen LogP contribution in [0.5, 0.6) is 5.75 Å². The molecule has 226 valence electrons. The zero-order chi connectivity index (χ0) is 29.4. The van der Waals surface area contributed by atoms with Gasteiger partial charge in [0, 0.05) is 31.9 Å². The van der Waals surface area contributed by atoms with Crippen LogP contribution in [0.1, 0.15) is 40.5 Å². The Morgan fingerprint density at radius 3 is 2.49 bits per heavy atom. The normalized spacial score (nSPS) is 31.8. The summed E-state index contributed by atoms with van der Waals surface area (Å²) >= 11 is 0. The third-order valence-corrected chi connectivity index (χ3v) is 9.32. The molecule has 1 aromatic rings. The molecule has 41 heavy (non-hydrogen) atoms. The number of benzene rings is 1. The fraction of sp³-hybridized carbons (Fsp3) is 0.700. The summed E-state index contributed by atoms with van der Waals surface area (Å²) in [6.45, 7) is 11.9. The summed E-state index contributed by atoms with van der Waals surface area (Å²) in [7, 11) is 0. The SMILES string of the molecule is CCOc1ccc(NC(=O)[C@H]2[C@H]3C(=O)N([C@@H](CO)C(C)C)C(C(=O)NCCN4CCOCC4)C34CC[C@]2(C)O4)cc1. The van der Waals surface area contributed by atoms with Crippen LogP contribution >= 0.6 is 0 Å². The third-order valence-electron chi connectivity index (χ3n) is 9.32. The van der Waals surface area contributed by atoms with Gasteiger partial charge in [-0.1, -0.05) is 13.8 Å². The number of rotatable bonds is 11. The maximum absolute atomic E-state index is 14.3. The lowest BCUT2D eigenvalue weighted by Gasteiger charge is -2.38. The number of nitrogens with zero attached hydrogens (tertiary/aromatic N) is 2. The molecule has 2 unspecified atom stereocenters. The molecule has 11 heteroatoms. The fourth-order valence-corrected chi connectivity index (χ4v) is 7.32. The first-order chi connectivity index (χ1) is 19.6. The van der Waals surface area contributed by atoms with Gasteiger partial charge in [-0.3, -0.25) is 19.3 Å². The Kier molecular flexibility index (Phi) is 8.61. The minimum absolute atomic E-state index is 0.105. The molecular weight excluding hydrogens is 528 g/mol. The number of carbonyl (C=O) groups excluding carboxylic acids is 3. The fourth-order valence-electron chi connectivity index (χ4n) is 7.32. The van der Waals surface area contributed by atoms with E-state index in [0.29, 0.717) is 57.2 Å². The number of morpholine rings is 1. The summed E-state index contributed by atoms with van der Waals surface area (Å²) in [5.41, 5.74) is -1.44. The first kappa shape index (κ1) is 29.8. The van der Waals surface area contributed by atoms with Gasteiger partial charge in [-0.15, -0.1) is 0 Å². The van der Waals surface area contributed by atoms with Gasteiger partial charge >= 0.3 is 0 Å². The Bertz CT molecular complexity index is 1120. The number of likely N-dealkylation sites (tertiary alicyclic amines) is 1. The quantitative estimate of drug-likeness (QED) is 0.362. The van der Waals surface area contributed by atoms with Crippen LogP contribution in [-0.2, 0) is 23.9 Å². The van der Waals surface area contributed by atoms with Gasteiger partial charge < -0.3 is 34.9 Å². The second-order valence-electron chi connectivity index (χ2n) is 12.2. The summed E-state index contributed by atoms with van der Waals surface area (Å²) in [4.78, 5) is 45.8. The number of hydrogen-bond donors (Lipinski definition) is 3. The standard InChI is InChI=1S/C30H44N4O7/c1-5-40-21-8-6-20(7-9-21)32-26(36)23-24-28(38)34(22(18-35)19(2)3)25(30(24)11-10-29(23,4)41-30)27(37)31-12-13-33-14-16-39-17-15-33/h6-9,19,22-25,35H,5,10-18H2,1-4H3,(H,31,37)(H,32,36)/t22-,23+,24-,25?,29-,30?/m0/s1. The molecule has 0 aromatic heterocycles. The molecule has 1 spiro atoms. The second kappa shape index (κ2) is 11.9. The molecule has 0 saturated carbocycles. The van der Waals surface area contributed by atoms with Gasteiger partial charge in [-0.2, -0.15) is 0 Å². The average molecular weight is 573 g/mol. The average Bonchev–Trinajstić information content (AvgIpc) is 3.51. The Morgan fingerprint density at radius 2 is 1.85 bits per heavy atom. The lowest BCUT2D eigenvalue weighted by atomic mass is 9.66. The Hall–Kier alpha value is -2.73. The van der Waals surface area contributed by atoms with Crippen LogP contribution in [0, 0.1) is 17.8 Å². The highest BCUT2D eigenvalue weighted by Gasteiger charge is 2.78. The Balaban J connectivity index is 1.41. The third kappa shape index (κ3) is 5.33. The van der Waals surface area contributed by atoms with E-state index in [1.165, 1.54) is 4.90 Å². The van der Waals surface area contributed by atoms with E-state index in [4.69, 9.17) is 14.2 Å². The van der Waals surface area contributed by atoms with Gasteiger partial charge in [0.05, 0.1) is 49.9 Å². The molecule has 2 bridgehead atoms. The predicted octanol–water partition coefficient (Wildman–Crippen LogP) is 1.25. The van der Waals surface area contributed by atoms with Crippen LogP contribution in [0.4, 0.5) is 5.69 Å². The van der Waals surface area contributed by atoms with Crippen LogP contribution in [0.3, 0.4) is 0 Å². The van der Waals surface area contributed by atoms with Gasteiger partial charge in [0.25, 0.3) is 0 Å². The van der Waals surface area contributed by atoms with E-state index in [1.54, 1.807) is 24.3 Å². The maximum atomic E-state index is 14.3. The van der Waals surface area contributed by atoms with E-state index in [0.717, 1.165) is 13.1 Å². The molecule has 4 aliphatic heterocycles. The number of hydrogen-bond acceptors (Lipinski definition) is 8. The smallest absolute Gasteiger partial charge is 0.245 e. The van der Waals surface area contributed by atoms with Gasteiger partial charge in [0.2, 0.25) is 17.7 Å². The van der Waals surface area contributed by atoms with E-state index in [2.05, 4.69) is 15.5 Å². The van der Waals surface area contributed by atoms with Gasteiger partial charge in [0.1, 0.15) is 17.4 Å². The first-order valence-corrected chi connectivity index (χ1v) is 14.9. The topological polar surface area (TPSA) is 130 Å². The number of amides is 3. The number of carbonyl (C=O) groups is 3. The number of nitrogens with one attached hydrogen (secondary N) is 2. The number of ether oxygens (including phenoxy) is 3. The van der Waals surface area contributed by atoms with Gasteiger partial charge in [0.15, 0.2) is 0 Å². The van der Waals surface area contributed by atoms with Crippen molar-refractivity contribution in [3.8, 4) is 5.75 Å². The minimum Gasteiger partial charge on any atom is -0.494 e. The molecule has 3 amide bonds.